The van der Waals surface area contributed by atoms with Crippen molar-refractivity contribution in [2.45, 2.75) is 0 Å². The van der Waals surface area contributed by atoms with Crippen LogP contribution in [0.1, 0.15) is 15.9 Å². The van der Waals surface area contributed by atoms with Gasteiger partial charge in [-0.15, -0.1) is 0 Å². The second-order valence-electron chi connectivity index (χ2n) is 3.30. The van der Waals surface area contributed by atoms with E-state index < -0.39 is 0 Å². The van der Waals surface area contributed by atoms with Crippen molar-refractivity contribution < 1.29 is 4.79 Å². The van der Waals surface area contributed by atoms with Crippen molar-refractivity contribution in [2.24, 2.45) is 14.1 Å². The van der Waals surface area contributed by atoms with E-state index in [2.05, 4.69) is 10.2 Å². The number of hydrogen-bond acceptors (Lipinski definition) is 4. The number of aryl methyl sites for hydroxylation is 2. The van der Waals surface area contributed by atoms with Gasteiger partial charge in [-0.05, 0) is 0 Å². The topological polar surface area (TPSA) is 78.7 Å². The largest absolute Gasteiger partial charge is 0.383 e. The first-order valence-corrected chi connectivity index (χ1v) is 4.40. The van der Waals surface area contributed by atoms with Gasteiger partial charge < -0.3 is 5.73 Å². The Balaban J connectivity index is 2.41. The maximum Gasteiger partial charge on any atom is 0.201 e. The predicted octanol–water partition coefficient (Wildman–Crippen LogP) is -0.0332. The van der Waals surface area contributed by atoms with Gasteiger partial charge in [0, 0.05) is 20.3 Å². The Morgan fingerprint density at radius 2 is 2.07 bits per heavy atom. The average Bonchev–Trinajstić information content (AvgIpc) is 2.75. The summed E-state index contributed by atoms with van der Waals surface area (Å²) in [5.74, 6) is 0.206. The van der Waals surface area contributed by atoms with E-state index in [1.54, 1.807) is 25.0 Å². The highest BCUT2D eigenvalue weighted by atomic mass is 16.1. The molecule has 0 atom stereocenters. The summed E-state index contributed by atoms with van der Waals surface area (Å²) in [5.41, 5.74) is 6.62. The zero-order valence-corrected chi connectivity index (χ0v) is 8.51. The Morgan fingerprint density at radius 1 is 1.33 bits per heavy atom. The van der Waals surface area contributed by atoms with E-state index in [9.17, 15) is 4.79 Å². The first-order chi connectivity index (χ1) is 7.09. The monoisotopic (exact) mass is 205 g/mol. The Hall–Kier alpha value is -2.11. The summed E-state index contributed by atoms with van der Waals surface area (Å²) in [7, 11) is 3.44. The molecule has 2 aromatic heterocycles. The standard InChI is InChI=1S/C9H11N5O/c1-13-5-6(3-11-13)8(15)7-4-12-14(2)9(7)10/h3-5H,10H2,1-2H3. The molecule has 0 aliphatic heterocycles. The van der Waals surface area contributed by atoms with Crippen molar-refractivity contribution in [2.75, 3.05) is 5.73 Å². The molecule has 78 valence electrons. The Morgan fingerprint density at radius 3 is 2.53 bits per heavy atom. The molecular weight excluding hydrogens is 194 g/mol. The summed E-state index contributed by atoms with van der Waals surface area (Å²) < 4.78 is 3.03. The molecule has 6 heteroatoms. The molecule has 2 rings (SSSR count). The molecule has 0 aliphatic rings. The lowest BCUT2D eigenvalue weighted by Crippen LogP contribution is -2.05. The fraction of sp³-hybridized carbons (Fsp3) is 0.222. The van der Waals surface area contributed by atoms with Crippen LogP contribution in [0.2, 0.25) is 0 Å². The van der Waals surface area contributed by atoms with Gasteiger partial charge in [0.1, 0.15) is 5.82 Å². The Bertz CT molecular complexity index is 510. The molecule has 2 heterocycles. The van der Waals surface area contributed by atoms with E-state index in [-0.39, 0.29) is 5.78 Å². The summed E-state index contributed by atoms with van der Waals surface area (Å²) in [6.45, 7) is 0. The lowest BCUT2D eigenvalue weighted by Gasteiger charge is -1.96. The molecule has 0 spiro atoms. The summed E-state index contributed by atoms with van der Waals surface area (Å²) in [4.78, 5) is 11.9. The number of anilines is 1. The van der Waals surface area contributed by atoms with Crippen LogP contribution in [0.25, 0.3) is 0 Å². The van der Waals surface area contributed by atoms with Gasteiger partial charge in [0.15, 0.2) is 0 Å². The van der Waals surface area contributed by atoms with Gasteiger partial charge in [0.05, 0.1) is 23.5 Å². The summed E-state index contributed by atoms with van der Waals surface area (Å²) in [6, 6.07) is 0. The van der Waals surface area contributed by atoms with Crippen LogP contribution in [0, 0.1) is 0 Å². The van der Waals surface area contributed by atoms with Crippen LogP contribution in [0.5, 0.6) is 0 Å². The number of nitrogens with zero attached hydrogens (tertiary/aromatic N) is 4. The molecule has 15 heavy (non-hydrogen) atoms. The van der Waals surface area contributed by atoms with Gasteiger partial charge in [-0.2, -0.15) is 10.2 Å². The Kier molecular flexibility index (Phi) is 2.03. The van der Waals surface area contributed by atoms with Gasteiger partial charge in [0.25, 0.3) is 0 Å². The summed E-state index contributed by atoms with van der Waals surface area (Å²) >= 11 is 0. The van der Waals surface area contributed by atoms with E-state index >= 15 is 0 Å². The van der Waals surface area contributed by atoms with Crippen LogP contribution in [-0.2, 0) is 14.1 Å². The minimum absolute atomic E-state index is 0.159. The smallest absolute Gasteiger partial charge is 0.201 e. The van der Waals surface area contributed by atoms with Crippen LogP contribution in [0.15, 0.2) is 18.6 Å². The third-order valence-electron chi connectivity index (χ3n) is 2.20. The van der Waals surface area contributed by atoms with Crippen molar-refractivity contribution in [3.8, 4) is 0 Å². The fourth-order valence-electron chi connectivity index (χ4n) is 1.32. The van der Waals surface area contributed by atoms with E-state index in [1.165, 1.54) is 17.1 Å². The SMILES string of the molecule is Cn1cc(C(=O)c2cnn(C)c2N)cn1. The quantitative estimate of drug-likeness (QED) is 0.698. The van der Waals surface area contributed by atoms with Crippen molar-refractivity contribution in [3.63, 3.8) is 0 Å². The van der Waals surface area contributed by atoms with Gasteiger partial charge in [-0.1, -0.05) is 0 Å². The molecule has 0 saturated carbocycles. The molecule has 0 amide bonds. The fourth-order valence-corrected chi connectivity index (χ4v) is 1.32. The van der Waals surface area contributed by atoms with Crippen LogP contribution in [0.4, 0.5) is 5.82 Å². The molecular formula is C9H11N5O. The lowest BCUT2D eigenvalue weighted by molar-refractivity contribution is 0.103. The van der Waals surface area contributed by atoms with Crippen molar-refractivity contribution in [1.29, 1.82) is 0 Å². The number of rotatable bonds is 2. The Labute approximate surface area is 86.3 Å². The molecule has 0 radical (unpaired) electrons. The van der Waals surface area contributed by atoms with Crippen molar-refractivity contribution in [1.82, 2.24) is 19.6 Å². The molecule has 0 bridgehead atoms. The lowest BCUT2D eigenvalue weighted by atomic mass is 10.1. The maximum atomic E-state index is 11.9. The highest BCUT2D eigenvalue weighted by molar-refractivity contribution is 6.11. The number of aromatic nitrogens is 4. The molecule has 0 fully saturated rings. The number of ketones is 1. The average molecular weight is 205 g/mol. The van der Waals surface area contributed by atoms with Crippen molar-refractivity contribution >= 4 is 11.6 Å². The third-order valence-corrected chi connectivity index (χ3v) is 2.20. The highest BCUT2D eigenvalue weighted by Gasteiger charge is 2.16. The molecule has 0 saturated heterocycles. The van der Waals surface area contributed by atoms with Crippen LogP contribution < -0.4 is 5.73 Å². The molecule has 2 aromatic rings. The van der Waals surface area contributed by atoms with E-state index in [4.69, 9.17) is 5.73 Å². The summed E-state index contributed by atoms with van der Waals surface area (Å²) in [5, 5.41) is 7.84. The van der Waals surface area contributed by atoms with Crippen LogP contribution in [0.3, 0.4) is 0 Å². The number of hydrogen-bond donors (Lipinski definition) is 1. The summed E-state index contributed by atoms with van der Waals surface area (Å²) in [6.07, 6.45) is 4.62. The number of carbonyl (C=O) groups is 1. The van der Waals surface area contributed by atoms with E-state index in [0.29, 0.717) is 16.9 Å². The minimum Gasteiger partial charge on any atom is -0.383 e. The molecule has 0 unspecified atom stereocenters. The van der Waals surface area contributed by atoms with Gasteiger partial charge in [-0.25, -0.2) is 0 Å². The van der Waals surface area contributed by atoms with Gasteiger partial charge in [0.2, 0.25) is 5.78 Å². The molecule has 6 nitrogen and oxygen atoms in total. The molecule has 0 aliphatic carbocycles. The van der Waals surface area contributed by atoms with Crippen LogP contribution >= 0.6 is 0 Å². The zero-order chi connectivity index (χ0) is 11.0. The number of carbonyl (C=O) groups excluding carboxylic acids is 1. The third kappa shape index (κ3) is 1.50. The van der Waals surface area contributed by atoms with Crippen molar-refractivity contribution in [3.05, 3.63) is 29.7 Å². The normalized spacial score (nSPS) is 10.5. The second-order valence-corrected chi connectivity index (χ2v) is 3.30. The first kappa shape index (κ1) is 9.45. The molecule has 2 N–H and O–H groups in total. The van der Waals surface area contributed by atoms with Gasteiger partial charge in [-0.3, -0.25) is 14.2 Å². The van der Waals surface area contributed by atoms with Gasteiger partial charge >= 0.3 is 0 Å². The van der Waals surface area contributed by atoms with E-state index in [1.807, 2.05) is 0 Å². The van der Waals surface area contributed by atoms with Crippen LogP contribution in [-0.4, -0.2) is 25.3 Å². The zero-order valence-electron chi connectivity index (χ0n) is 8.51. The number of nitrogen functional groups attached to an aromatic ring is 1. The predicted molar refractivity (Wildman–Crippen MR) is 54.3 cm³/mol. The first-order valence-electron chi connectivity index (χ1n) is 4.40. The highest BCUT2D eigenvalue weighted by Crippen LogP contribution is 2.14. The molecule has 0 aromatic carbocycles. The van der Waals surface area contributed by atoms with E-state index in [0.717, 1.165) is 0 Å². The second kappa shape index (κ2) is 3.23. The number of nitrogens with two attached hydrogens (primary N) is 1. The minimum atomic E-state index is -0.159. The maximum absolute atomic E-state index is 11.9.